The molecular formula is C14H11ClN3O+. The number of rotatable bonds is 1. The smallest absolute Gasteiger partial charge is 0.254 e. The van der Waals surface area contributed by atoms with Crippen molar-refractivity contribution in [2.75, 3.05) is 5.32 Å². The van der Waals surface area contributed by atoms with Crippen molar-refractivity contribution in [3.05, 3.63) is 69.6 Å². The van der Waals surface area contributed by atoms with E-state index in [4.69, 9.17) is 11.6 Å². The summed E-state index contributed by atoms with van der Waals surface area (Å²) in [5.41, 5.74) is 2.70. The van der Waals surface area contributed by atoms with Crippen LogP contribution in [-0.2, 0) is 6.54 Å². The van der Waals surface area contributed by atoms with Crippen molar-refractivity contribution in [1.82, 2.24) is 0 Å². The van der Waals surface area contributed by atoms with Gasteiger partial charge in [-0.3, -0.25) is 0 Å². The number of anilines is 1. The minimum atomic E-state index is 0.275. The van der Waals surface area contributed by atoms with Crippen molar-refractivity contribution >= 4 is 23.1 Å². The van der Waals surface area contributed by atoms with Crippen LogP contribution in [0.1, 0.15) is 11.1 Å². The van der Waals surface area contributed by atoms with Crippen LogP contribution in [0.3, 0.4) is 0 Å². The minimum absolute atomic E-state index is 0.275. The number of fused-ring (bicyclic) bond motifs is 1. The Kier molecular flexibility index (Phi) is 3.01. The van der Waals surface area contributed by atoms with Gasteiger partial charge in [0.15, 0.2) is 4.87 Å². The highest BCUT2D eigenvalue weighted by Gasteiger charge is 2.24. The number of nitrogens with one attached hydrogen (secondary N) is 1. The van der Waals surface area contributed by atoms with Crippen LogP contribution in [-0.4, -0.2) is 10.7 Å². The summed E-state index contributed by atoms with van der Waals surface area (Å²) in [6, 6.07) is 15.0. The molecule has 1 N–H and O–H groups in total. The standard InChI is InChI=1S/C14H11ClN3O/c15-11-5-3-6-12(8-11)16-14-13-7-2-1-4-10(13)9-18(19)17-14/h1-8H,9H2,(H,16,17,19)/q+1. The maximum Gasteiger partial charge on any atom is 0.254 e. The molecule has 0 aliphatic carbocycles. The first-order valence-electron chi connectivity index (χ1n) is 5.86. The Balaban J connectivity index is 1.98. The summed E-state index contributed by atoms with van der Waals surface area (Å²) in [4.78, 5) is 12.2. The lowest BCUT2D eigenvalue weighted by atomic mass is 10.1. The van der Waals surface area contributed by atoms with Crippen LogP contribution in [0, 0.1) is 4.91 Å². The topological polar surface area (TPSA) is 44.5 Å². The summed E-state index contributed by atoms with van der Waals surface area (Å²) in [6.07, 6.45) is 0. The van der Waals surface area contributed by atoms with Gasteiger partial charge in [-0.25, -0.2) is 0 Å². The molecule has 0 saturated heterocycles. The van der Waals surface area contributed by atoms with Gasteiger partial charge in [-0.1, -0.05) is 41.9 Å². The monoisotopic (exact) mass is 272 g/mol. The van der Waals surface area contributed by atoms with Crippen LogP contribution in [0.2, 0.25) is 5.02 Å². The van der Waals surface area contributed by atoms with Crippen molar-refractivity contribution < 1.29 is 4.87 Å². The van der Waals surface area contributed by atoms with Gasteiger partial charge in [-0.15, -0.1) is 0 Å². The van der Waals surface area contributed by atoms with Gasteiger partial charge < -0.3 is 5.32 Å². The van der Waals surface area contributed by atoms with E-state index in [0.717, 1.165) is 16.8 Å². The van der Waals surface area contributed by atoms with Crippen molar-refractivity contribution in [1.29, 1.82) is 0 Å². The Morgan fingerprint density at radius 2 is 2.00 bits per heavy atom. The van der Waals surface area contributed by atoms with Gasteiger partial charge in [-0.05, 0) is 18.2 Å². The maximum atomic E-state index is 11.6. The first kappa shape index (κ1) is 11.9. The van der Waals surface area contributed by atoms with Crippen molar-refractivity contribution in [2.24, 2.45) is 5.10 Å². The van der Waals surface area contributed by atoms with E-state index in [1.165, 1.54) is 0 Å². The molecule has 2 aromatic carbocycles. The molecule has 0 aromatic heterocycles. The molecule has 19 heavy (non-hydrogen) atoms. The Bertz CT molecular complexity index is 682. The molecule has 2 aromatic rings. The van der Waals surface area contributed by atoms with E-state index in [1.807, 2.05) is 36.4 Å². The zero-order valence-corrected chi connectivity index (χ0v) is 10.8. The molecule has 94 valence electrons. The fourth-order valence-corrected chi connectivity index (χ4v) is 2.22. The summed E-state index contributed by atoms with van der Waals surface area (Å²) in [5, 5.41) is 7.75. The molecule has 0 saturated carbocycles. The van der Waals surface area contributed by atoms with Gasteiger partial charge in [0.1, 0.15) is 0 Å². The highest BCUT2D eigenvalue weighted by molar-refractivity contribution is 6.31. The third kappa shape index (κ3) is 2.48. The molecule has 0 radical (unpaired) electrons. The Morgan fingerprint density at radius 3 is 2.84 bits per heavy atom. The Hall–Kier alpha value is -2.20. The van der Waals surface area contributed by atoms with Crippen molar-refractivity contribution in [3.63, 3.8) is 0 Å². The molecule has 3 rings (SSSR count). The largest absolute Gasteiger partial charge is 0.335 e. The van der Waals surface area contributed by atoms with E-state index >= 15 is 0 Å². The lowest BCUT2D eigenvalue weighted by Crippen LogP contribution is -2.23. The van der Waals surface area contributed by atoms with Gasteiger partial charge in [0, 0.05) is 21.8 Å². The third-order valence-electron chi connectivity index (χ3n) is 2.88. The van der Waals surface area contributed by atoms with E-state index in [-0.39, 0.29) is 6.54 Å². The van der Waals surface area contributed by atoms with E-state index in [2.05, 4.69) is 10.4 Å². The van der Waals surface area contributed by atoms with Gasteiger partial charge in [0.2, 0.25) is 5.84 Å². The van der Waals surface area contributed by atoms with E-state index in [1.54, 1.807) is 12.1 Å². The van der Waals surface area contributed by atoms with Crippen LogP contribution in [0.4, 0.5) is 5.69 Å². The summed E-state index contributed by atoms with van der Waals surface area (Å²) >= 11 is 5.94. The van der Waals surface area contributed by atoms with Gasteiger partial charge >= 0.3 is 0 Å². The number of hydrogen-bond acceptors (Lipinski definition) is 2. The highest BCUT2D eigenvalue weighted by Crippen LogP contribution is 2.20. The summed E-state index contributed by atoms with van der Waals surface area (Å²) in [5.74, 6) is 0.541. The third-order valence-corrected chi connectivity index (χ3v) is 3.11. The molecule has 1 aliphatic heterocycles. The number of nitrogens with zero attached hydrogens (tertiary/aromatic N) is 2. The molecule has 0 bridgehead atoms. The molecule has 0 spiro atoms. The SMILES string of the molecule is O=[N+]1Cc2ccccc2C(Nc2cccc(Cl)c2)=N1. The number of halogens is 1. The predicted octanol–water partition coefficient (Wildman–Crippen LogP) is 3.41. The highest BCUT2D eigenvalue weighted by atomic mass is 35.5. The Morgan fingerprint density at radius 1 is 1.16 bits per heavy atom. The van der Waals surface area contributed by atoms with Crippen molar-refractivity contribution in [3.8, 4) is 0 Å². The second-order valence-electron chi connectivity index (χ2n) is 4.25. The molecule has 0 atom stereocenters. The summed E-state index contributed by atoms with van der Waals surface area (Å²) in [6.45, 7) is 0.275. The lowest BCUT2D eigenvalue weighted by Gasteiger charge is -2.12. The van der Waals surface area contributed by atoms with Crippen LogP contribution < -0.4 is 5.32 Å². The molecule has 0 fully saturated rings. The van der Waals surface area contributed by atoms with Crippen LogP contribution in [0.5, 0.6) is 0 Å². The van der Waals surface area contributed by atoms with Crippen molar-refractivity contribution in [2.45, 2.75) is 6.54 Å². The van der Waals surface area contributed by atoms with Gasteiger partial charge in [0.25, 0.3) is 6.54 Å². The number of benzene rings is 2. The van der Waals surface area contributed by atoms with E-state index < -0.39 is 0 Å². The summed E-state index contributed by atoms with van der Waals surface area (Å²) in [7, 11) is 0. The second-order valence-corrected chi connectivity index (χ2v) is 4.69. The van der Waals surface area contributed by atoms with Crippen LogP contribution in [0.15, 0.2) is 53.6 Å². The van der Waals surface area contributed by atoms with Crippen LogP contribution in [0.25, 0.3) is 0 Å². The van der Waals surface area contributed by atoms with E-state index in [9.17, 15) is 4.91 Å². The number of hydrogen-bond donors (Lipinski definition) is 1. The normalized spacial score (nSPS) is 13.7. The molecule has 5 heteroatoms. The zero-order chi connectivity index (χ0) is 13.2. The quantitative estimate of drug-likeness (QED) is 0.809. The molecular weight excluding hydrogens is 262 g/mol. The maximum absolute atomic E-state index is 11.6. The second kappa shape index (κ2) is 4.82. The first-order chi connectivity index (χ1) is 9.22. The lowest BCUT2D eigenvalue weighted by molar-refractivity contribution is -0.571. The number of nitroso groups, excluding NO2 is 1. The predicted molar refractivity (Wildman–Crippen MR) is 75.4 cm³/mol. The zero-order valence-electron chi connectivity index (χ0n) is 10.0. The molecule has 1 heterocycles. The average molecular weight is 273 g/mol. The van der Waals surface area contributed by atoms with Gasteiger partial charge in [-0.2, -0.15) is 0 Å². The fourth-order valence-electron chi connectivity index (χ4n) is 2.03. The van der Waals surface area contributed by atoms with E-state index in [0.29, 0.717) is 15.7 Å². The van der Waals surface area contributed by atoms with Crippen LogP contribution >= 0.6 is 11.6 Å². The Labute approximate surface area is 115 Å². The first-order valence-corrected chi connectivity index (χ1v) is 6.24. The number of amidine groups is 1. The van der Waals surface area contributed by atoms with Gasteiger partial charge in [0.05, 0.1) is 10.0 Å². The fraction of sp³-hybridized carbons (Fsp3) is 0.0714. The number of hydrazone groups is 1. The molecule has 1 aliphatic rings. The minimum Gasteiger partial charge on any atom is -0.335 e. The average Bonchev–Trinajstić information content (AvgIpc) is 2.38. The molecule has 0 unspecified atom stereocenters. The summed E-state index contributed by atoms with van der Waals surface area (Å²) < 4.78 is 0. The molecule has 4 nitrogen and oxygen atoms in total. The molecule has 0 amide bonds.